The molecular weight excluding hydrogens is 404 g/mol. The van der Waals surface area contributed by atoms with Gasteiger partial charge in [0.05, 0.1) is 17.5 Å². The minimum Gasteiger partial charge on any atom is -0.481 e. The molecule has 0 unspecified atom stereocenters. The Morgan fingerprint density at radius 1 is 1.18 bits per heavy atom. The van der Waals surface area contributed by atoms with Crippen LogP contribution in [-0.4, -0.2) is 59.1 Å². The number of amides is 1. The van der Waals surface area contributed by atoms with E-state index in [2.05, 4.69) is 4.99 Å². The van der Waals surface area contributed by atoms with Crippen molar-refractivity contribution >= 4 is 50.1 Å². The zero-order chi connectivity index (χ0) is 20.5. The predicted molar refractivity (Wildman–Crippen MR) is 107 cm³/mol. The van der Waals surface area contributed by atoms with Gasteiger partial charge >= 0.3 is 5.97 Å². The Bertz CT molecular complexity index is 939. The van der Waals surface area contributed by atoms with Crippen LogP contribution in [0.1, 0.15) is 36.5 Å². The second-order valence-electron chi connectivity index (χ2n) is 6.81. The molecule has 2 atom stereocenters. The third-order valence-corrected chi connectivity index (χ3v) is 7.83. The van der Waals surface area contributed by atoms with Crippen LogP contribution in [0.5, 0.6) is 0 Å². The van der Waals surface area contributed by atoms with Crippen LogP contribution in [0.15, 0.2) is 29.3 Å². The van der Waals surface area contributed by atoms with Crippen LogP contribution in [0, 0.1) is 0 Å². The summed E-state index contributed by atoms with van der Waals surface area (Å²) in [5.74, 6) is -1.48. The maximum atomic E-state index is 12.2. The van der Waals surface area contributed by atoms with Crippen molar-refractivity contribution in [3.8, 4) is 0 Å². The number of carbonyl (C=O) groups is 3. The van der Waals surface area contributed by atoms with Crippen molar-refractivity contribution < 1.29 is 27.9 Å². The number of anilines is 1. The summed E-state index contributed by atoms with van der Waals surface area (Å²) in [6.07, 6.45) is 0.106. The lowest BCUT2D eigenvalue weighted by molar-refractivity contribution is -0.137. The van der Waals surface area contributed by atoms with Gasteiger partial charge in [0.1, 0.15) is 0 Å². The van der Waals surface area contributed by atoms with Crippen LogP contribution in [0.2, 0.25) is 0 Å². The number of thioether (sulfide) groups is 1. The van der Waals surface area contributed by atoms with Crippen LogP contribution in [0.25, 0.3) is 0 Å². The van der Waals surface area contributed by atoms with Gasteiger partial charge in [-0.2, -0.15) is 4.99 Å². The molecule has 0 radical (unpaired) electrons. The second kappa shape index (κ2) is 8.04. The van der Waals surface area contributed by atoms with Gasteiger partial charge in [0.15, 0.2) is 20.8 Å². The van der Waals surface area contributed by atoms with E-state index >= 15 is 0 Å². The molecule has 0 aromatic heterocycles. The predicted octanol–water partition coefficient (Wildman–Crippen LogP) is 1.75. The van der Waals surface area contributed by atoms with Crippen LogP contribution >= 0.6 is 11.8 Å². The van der Waals surface area contributed by atoms with E-state index < -0.39 is 21.7 Å². The number of fused-ring (bicyclic) bond motifs is 1. The molecule has 2 saturated heterocycles. The number of sulfone groups is 1. The quantitative estimate of drug-likeness (QED) is 0.686. The molecule has 3 rings (SSSR count). The van der Waals surface area contributed by atoms with E-state index in [9.17, 15) is 22.8 Å². The number of amidine groups is 1. The highest BCUT2D eigenvalue weighted by atomic mass is 32.2. The number of hydrogen-bond donors (Lipinski definition) is 1. The van der Waals surface area contributed by atoms with Crippen molar-refractivity contribution in [3.63, 3.8) is 0 Å². The molecule has 0 aliphatic carbocycles. The number of ketones is 1. The molecular formula is C18H20N2O6S2. The number of carboxylic acids is 1. The van der Waals surface area contributed by atoms with Crippen LogP contribution < -0.4 is 4.90 Å². The first-order chi connectivity index (χ1) is 13.2. The Hall–Kier alpha value is -2.20. The summed E-state index contributed by atoms with van der Waals surface area (Å²) < 4.78 is 24.1. The summed E-state index contributed by atoms with van der Waals surface area (Å²) in [5, 5.41) is 8.88. The van der Waals surface area contributed by atoms with Gasteiger partial charge in [0.25, 0.3) is 0 Å². The van der Waals surface area contributed by atoms with E-state index in [1.54, 1.807) is 29.2 Å². The van der Waals surface area contributed by atoms with E-state index in [1.165, 1.54) is 18.7 Å². The Morgan fingerprint density at radius 3 is 2.46 bits per heavy atom. The highest BCUT2D eigenvalue weighted by Gasteiger charge is 2.49. The van der Waals surface area contributed by atoms with Gasteiger partial charge in [-0.25, -0.2) is 8.42 Å². The summed E-state index contributed by atoms with van der Waals surface area (Å²) in [6, 6.07) is 6.42. The number of carboxylic acid groups (broad SMARTS) is 1. The molecule has 2 aliphatic rings. The van der Waals surface area contributed by atoms with Crippen molar-refractivity contribution in [1.29, 1.82) is 0 Å². The molecule has 1 aromatic rings. The number of hydrogen-bond acceptors (Lipinski definition) is 6. The van der Waals surface area contributed by atoms with Gasteiger partial charge in [-0.15, -0.1) is 0 Å². The molecule has 2 heterocycles. The van der Waals surface area contributed by atoms with Gasteiger partial charge in [-0.3, -0.25) is 14.4 Å². The first-order valence-corrected chi connectivity index (χ1v) is 11.5. The molecule has 1 N–H and O–H groups in total. The molecule has 150 valence electrons. The fourth-order valence-electron chi connectivity index (χ4n) is 3.28. The standard InChI is InChI=1S/C18H20N2O6S2/c1-11(21)12-5-7-13(8-6-12)20-14-9-28(25,26)10-15(14)27-18(20)19-16(22)3-2-4-17(23)24/h5-8,14-15H,2-4,9-10H2,1H3,(H,23,24)/t14-,15+/m1/s1. The molecule has 2 fully saturated rings. The van der Waals surface area contributed by atoms with Crippen molar-refractivity contribution in [1.82, 2.24) is 0 Å². The normalized spacial score (nSPS) is 24.3. The largest absolute Gasteiger partial charge is 0.481 e. The average Bonchev–Trinajstić information content (AvgIpc) is 3.05. The summed E-state index contributed by atoms with van der Waals surface area (Å²) in [7, 11) is -3.17. The maximum Gasteiger partial charge on any atom is 0.303 e. The summed E-state index contributed by atoms with van der Waals surface area (Å²) in [6.45, 7) is 1.46. The number of rotatable bonds is 6. The molecule has 2 aliphatic heterocycles. The minimum absolute atomic E-state index is 0.0150. The minimum atomic E-state index is -3.17. The molecule has 1 aromatic carbocycles. The number of nitrogens with zero attached hydrogens (tertiary/aromatic N) is 2. The molecule has 0 saturated carbocycles. The average molecular weight is 425 g/mol. The highest BCUT2D eigenvalue weighted by Crippen LogP contribution is 2.41. The Labute approximate surface area is 166 Å². The van der Waals surface area contributed by atoms with E-state index in [0.29, 0.717) is 16.4 Å². The fourth-order valence-corrected chi connectivity index (χ4v) is 7.21. The van der Waals surface area contributed by atoms with E-state index in [4.69, 9.17) is 5.11 Å². The van der Waals surface area contributed by atoms with Crippen molar-refractivity contribution in [3.05, 3.63) is 29.8 Å². The van der Waals surface area contributed by atoms with Crippen LogP contribution in [0.4, 0.5) is 5.69 Å². The van der Waals surface area contributed by atoms with Gasteiger partial charge in [0.2, 0.25) is 5.91 Å². The Balaban J connectivity index is 1.86. The molecule has 0 spiro atoms. The maximum absolute atomic E-state index is 12.2. The third-order valence-electron chi connectivity index (χ3n) is 4.62. The monoisotopic (exact) mass is 424 g/mol. The molecule has 8 nitrogen and oxygen atoms in total. The zero-order valence-corrected chi connectivity index (χ0v) is 16.8. The molecule has 0 bridgehead atoms. The number of Topliss-reactive ketones (excluding diaryl/α,β-unsaturated/α-hetero) is 1. The number of benzene rings is 1. The van der Waals surface area contributed by atoms with Gasteiger partial charge < -0.3 is 10.0 Å². The lowest BCUT2D eigenvalue weighted by Crippen LogP contribution is -2.37. The zero-order valence-electron chi connectivity index (χ0n) is 15.2. The summed E-state index contributed by atoms with van der Waals surface area (Å²) in [5.41, 5.74) is 1.20. The van der Waals surface area contributed by atoms with Crippen molar-refractivity contribution in [2.24, 2.45) is 4.99 Å². The van der Waals surface area contributed by atoms with E-state index in [1.807, 2.05) is 0 Å². The molecule has 10 heteroatoms. The fraction of sp³-hybridized carbons (Fsp3) is 0.444. The lowest BCUT2D eigenvalue weighted by atomic mass is 10.1. The lowest BCUT2D eigenvalue weighted by Gasteiger charge is -2.24. The Kier molecular flexibility index (Phi) is 5.90. The molecule has 28 heavy (non-hydrogen) atoms. The highest BCUT2D eigenvalue weighted by molar-refractivity contribution is 8.16. The number of carbonyl (C=O) groups excluding carboxylic acids is 2. The second-order valence-corrected chi connectivity index (χ2v) is 10.2. The third kappa shape index (κ3) is 4.61. The summed E-state index contributed by atoms with van der Waals surface area (Å²) in [4.78, 5) is 40.1. The van der Waals surface area contributed by atoms with Crippen molar-refractivity contribution in [2.45, 2.75) is 37.5 Å². The van der Waals surface area contributed by atoms with E-state index in [-0.39, 0.29) is 47.8 Å². The first-order valence-electron chi connectivity index (χ1n) is 8.77. The van der Waals surface area contributed by atoms with Gasteiger partial charge in [-0.1, -0.05) is 11.8 Å². The van der Waals surface area contributed by atoms with Crippen molar-refractivity contribution in [2.75, 3.05) is 16.4 Å². The first kappa shape index (κ1) is 20.5. The SMILES string of the molecule is CC(=O)c1ccc(N2C(=NC(=O)CCCC(=O)O)S[C@H]3CS(=O)(=O)C[C@H]32)cc1. The molecule has 1 amide bonds. The van der Waals surface area contributed by atoms with E-state index in [0.717, 1.165) is 0 Å². The summed E-state index contributed by atoms with van der Waals surface area (Å²) >= 11 is 1.26. The number of aliphatic carboxylic acids is 1. The van der Waals surface area contributed by atoms with Crippen LogP contribution in [0.3, 0.4) is 0 Å². The Morgan fingerprint density at radius 2 is 1.86 bits per heavy atom. The topological polar surface area (TPSA) is 121 Å². The van der Waals surface area contributed by atoms with Crippen LogP contribution in [-0.2, 0) is 19.4 Å². The van der Waals surface area contributed by atoms with Gasteiger partial charge in [0, 0.05) is 29.3 Å². The van der Waals surface area contributed by atoms with Gasteiger partial charge in [-0.05, 0) is 37.6 Å². The smallest absolute Gasteiger partial charge is 0.303 e. The number of aliphatic imine (C=N–C) groups is 1.